The van der Waals surface area contributed by atoms with Crippen LogP contribution >= 0.6 is 34.5 Å². The Labute approximate surface area is 263 Å². The number of carbonyl (C=O) groups excluding carboxylic acids is 1. The van der Waals surface area contributed by atoms with Crippen molar-refractivity contribution in [2.75, 3.05) is 6.61 Å². The number of carbonyl (C=O) groups is 1. The van der Waals surface area contributed by atoms with Crippen molar-refractivity contribution >= 4 is 46.6 Å². The van der Waals surface area contributed by atoms with E-state index < -0.39 is 12.0 Å². The fourth-order valence-corrected chi connectivity index (χ4v) is 6.26. The maximum atomic E-state index is 14.0. The molecule has 10 heteroatoms. The van der Waals surface area contributed by atoms with E-state index in [1.54, 1.807) is 43.5 Å². The molecule has 0 saturated carbocycles. The van der Waals surface area contributed by atoms with E-state index in [1.165, 1.54) is 11.3 Å². The number of para-hydroxylation sites is 1. The molecule has 2 heterocycles. The molecule has 0 radical (unpaired) electrons. The first-order valence-electron chi connectivity index (χ1n) is 13.8. The Morgan fingerprint density at radius 1 is 1.07 bits per heavy atom. The highest BCUT2D eigenvalue weighted by Crippen LogP contribution is 2.32. The lowest BCUT2D eigenvalue weighted by molar-refractivity contribution is -0.143. The molecule has 0 bridgehead atoms. The summed E-state index contributed by atoms with van der Waals surface area (Å²) in [4.78, 5) is 32.6. The number of thiazole rings is 1. The molecule has 43 heavy (non-hydrogen) atoms. The van der Waals surface area contributed by atoms with E-state index in [1.807, 2.05) is 61.5 Å². The average Bonchev–Trinajstić information content (AvgIpc) is 3.26. The van der Waals surface area contributed by atoms with Crippen LogP contribution in [0.25, 0.3) is 6.08 Å². The van der Waals surface area contributed by atoms with Gasteiger partial charge in [-0.15, -0.1) is 0 Å². The number of nitrogens with zero attached hydrogens (tertiary/aromatic N) is 2. The summed E-state index contributed by atoms with van der Waals surface area (Å²) < 4.78 is 19.3. The van der Waals surface area contributed by atoms with E-state index in [2.05, 4.69) is 4.99 Å². The Hall–Kier alpha value is -3.85. The number of esters is 1. The molecular weight excluding hydrogens is 607 g/mol. The second kappa shape index (κ2) is 13.2. The summed E-state index contributed by atoms with van der Waals surface area (Å²) >= 11 is 13.6. The van der Waals surface area contributed by atoms with Crippen LogP contribution in [-0.4, -0.2) is 23.2 Å². The maximum absolute atomic E-state index is 14.0. The molecule has 1 aliphatic heterocycles. The summed E-state index contributed by atoms with van der Waals surface area (Å²) in [5.41, 5.74) is 2.78. The third kappa shape index (κ3) is 6.72. The molecule has 5 rings (SSSR count). The summed E-state index contributed by atoms with van der Waals surface area (Å²) in [6, 6.07) is 19.3. The first-order chi connectivity index (χ1) is 20.7. The van der Waals surface area contributed by atoms with Gasteiger partial charge in [0.1, 0.15) is 18.1 Å². The molecule has 0 amide bonds. The highest BCUT2D eigenvalue weighted by atomic mass is 35.5. The molecule has 1 aromatic heterocycles. The summed E-state index contributed by atoms with van der Waals surface area (Å²) in [5, 5.41) is 1.05. The molecule has 1 atom stereocenters. The minimum atomic E-state index is -0.723. The van der Waals surface area contributed by atoms with Gasteiger partial charge in [0.15, 0.2) is 4.80 Å². The van der Waals surface area contributed by atoms with Gasteiger partial charge >= 0.3 is 5.97 Å². The highest BCUT2D eigenvalue weighted by Gasteiger charge is 2.33. The molecule has 0 N–H and O–H groups in total. The van der Waals surface area contributed by atoms with Crippen LogP contribution in [0.2, 0.25) is 10.0 Å². The van der Waals surface area contributed by atoms with Crippen LogP contribution in [0.4, 0.5) is 0 Å². The molecule has 0 fully saturated rings. The van der Waals surface area contributed by atoms with E-state index in [0.29, 0.717) is 54.3 Å². The smallest absolute Gasteiger partial charge is 0.338 e. The zero-order valence-electron chi connectivity index (χ0n) is 24.1. The minimum Gasteiger partial charge on any atom is -0.494 e. The van der Waals surface area contributed by atoms with Gasteiger partial charge in [0.25, 0.3) is 5.56 Å². The Morgan fingerprint density at radius 2 is 1.81 bits per heavy atom. The van der Waals surface area contributed by atoms with Gasteiger partial charge in [-0.25, -0.2) is 9.79 Å². The van der Waals surface area contributed by atoms with Gasteiger partial charge in [-0.05, 0) is 69.7 Å². The quantitative estimate of drug-likeness (QED) is 0.197. The number of ether oxygens (including phenoxy) is 3. The Bertz CT molecular complexity index is 1880. The van der Waals surface area contributed by atoms with Crippen LogP contribution in [0.15, 0.2) is 87.8 Å². The molecule has 3 aromatic carbocycles. The SMILES string of the molecule is CCOc1ccc([C@H]2C(C(=O)OC(C)C)=C(C)N=c3s/c(=C/c4ccccc4OCc4ccc(Cl)cc4Cl)c(=O)n32)cc1. The molecule has 7 nitrogen and oxygen atoms in total. The van der Waals surface area contributed by atoms with Crippen molar-refractivity contribution < 1.29 is 19.0 Å². The number of allylic oxidation sites excluding steroid dienone is 1. The van der Waals surface area contributed by atoms with Gasteiger partial charge in [0, 0.05) is 21.2 Å². The number of rotatable bonds is 9. The van der Waals surface area contributed by atoms with Gasteiger partial charge in [0.05, 0.1) is 34.6 Å². The second-order valence-corrected chi connectivity index (χ2v) is 12.0. The van der Waals surface area contributed by atoms with Crippen molar-refractivity contribution in [3.63, 3.8) is 0 Å². The number of halogens is 2. The predicted molar refractivity (Wildman–Crippen MR) is 170 cm³/mol. The third-order valence-electron chi connectivity index (χ3n) is 6.70. The van der Waals surface area contributed by atoms with Crippen LogP contribution in [0, 0.1) is 0 Å². The summed E-state index contributed by atoms with van der Waals surface area (Å²) in [7, 11) is 0. The van der Waals surface area contributed by atoms with E-state index in [4.69, 9.17) is 37.4 Å². The molecule has 0 spiro atoms. The molecule has 1 aliphatic rings. The molecule has 0 unspecified atom stereocenters. The van der Waals surface area contributed by atoms with Gasteiger partial charge in [-0.3, -0.25) is 9.36 Å². The monoisotopic (exact) mass is 636 g/mol. The van der Waals surface area contributed by atoms with Gasteiger partial charge in [-0.2, -0.15) is 0 Å². The molecular formula is C33H30Cl2N2O5S. The lowest BCUT2D eigenvalue weighted by Crippen LogP contribution is -2.40. The van der Waals surface area contributed by atoms with Crippen molar-refractivity contribution in [2.45, 2.75) is 46.4 Å². The lowest BCUT2D eigenvalue weighted by Gasteiger charge is -2.25. The normalized spacial score (nSPS) is 14.9. The Kier molecular flexibility index (Phi) is 9.40. The second-order valence-electron chi connectivity index (χ2n) is 10.1. The van der Waals surface area contributed by atoms with Crippen molar-refractivity contribution in [3.05, 3.63) is 124 Å². The lowest BCUT2D eigenvalue weighted by atomic mass is 9.96. The Balaban J connectivity index is 1.58. The average molecular weight is 638 g/mol. The van der Waals surface area contributed by atoms with E-state index in [0.717, 1.165) is 11.1 Å². The predicted octanol–water partition coefficient (Wildman–Crippen LogP) is 6.47. The van der Waals surface area contributed by atoms with Gasteiger partial charge in [0.2, 0.25) is 0 Å². The number of fused-ring (bicyclic) bond motifs is 1. The number of hydrogen-bond donors (Lipinski definition) is 0. The van der Waals surface area contributed by atoms with Crippen LogP contribution in [0.5, 0.6) is 11.5 Å². The molecule has 0 aliphatic carbocycles. The third-order valence-corrected chi connectivity index (χ3v) is 8.26. The van der Waals surface area contributed by atoms with Crippen LogP contribution < -0.4 is 24.4 Å². The molecule has 4 aromatic rings. The topological polar surface area (TPSA) is 79.1 Å². The van der Waals surface area contributed by atoms with E-state index >= 15 is 0 Å². The van der Waals surface area contributed by atoms with Crippen molar-refractivity contribution in [1.82, 2.24) is 4.57 Å². The van der Waals surface area contributed by atoms with Crippen molar-refractivity contribution in [2.24, 2.45) is 4.99 Å². The summed E-state index contributed by atoms with van der Waals surface area (Å²) in [6.45, 7) is 8.00. The van der Waals surface area contributed by atoms with Crippen LogP contribution in [0.3, 0.4) is 0 Å². The maximum Gasteiger partial charge on any atom is 0.338 e. The van der Waals surface area contributed by atoms with Gasteiger partial charge in [-0.1, -0.05) is 70.9 Å². The zero-order chi connectivity index (χ0) is 30.7. The van der Waals surface area contributed by atoms with Crippen LogP contribution in [-0.2, 0) is 16.1 Å². The van der Waals surface area contributed by atoms with E-state index in [-0.39, 0.29) is 18.3 Å². The minimum absolute atomic E-state index is 0.223. The standard InChI is InChI=1S/C33H30Cl2N2O5S/c1-5-40-25-14-11-21(12-15-25)30-29(32(39)42-19(2)3)20(4)36-33-37(30)31(38)28(43-33)16-22-8-6-7-9-27(22)41-18-23-10-13-24(34)17-26(23)35/h6-17,19,30H,5,18H2,1-4H3/b28-16+/t30-/m0/s1. The number of hydrogen-bond acceptors (Lipinski definition) is 7. The van der Waals surface area contributed by atoms with Crippen molar-refractivity contribution in [3.8, 4) is 11.5 Å². The van der Waals surface area contributed by atoms with Crippen LogP contribution in [0.1, 0.15) is 50.4 Å². The fraction of sp³-hybridized carbons (Fsp3) is 0.242. The highest BCUT2D eigenvalue weighted by molar-refractivity contribution is 7.07. The zero-order valence-corrected chi connectivity index (χ0v) is 26.4. The largest absolute Gasteiger partial charge is 0.494 e. The first kappa shape index (κ1) is 30.6. The Morgan fingerprint density at radius 3 is 2.51 bits per heavy atom. The number of benzene rings is 3. The molecule has 222 valence electrons. The summed E-state index contributed by atoms with van der Waals surface area (Å²) in [6.07, 6.45) is 1.45. The molecule has 0 saturated heterocycles. The first-order valence-corrected chi connectivity index (χ1v) is 15.4. The van der Waals surface area contributed by atoms with Gasteiger partial charge < -0.3 is 14.2 Å². The van der Waals surface area contributed by atoms with E-state index in [9.17, 15) is 9.59 Å². The summed E-state index contributed by atoms with van der Waals surface area (Å²) in [5.74, 6) is 0.769. The van der Waals surface area contributed by atoms with Crippen molar-refractivity contribution in [1.29, 1.82) is 0 Å². The number of aromatic nitrogens is 1. The fourth-order valence-electron chi connectivity index (χ4n) is 4.76.